The van der Waals surface area contributed by atoms with Crippen molar-refractivity contribution in [3.63, 3.8) is 0 Å². The van der Waals surface area contributed by atoms with Gasteiger partial charge < -0.3 is 4.74 Å². The van der Waals surface area contributed by atoms with Crippen LogP contribution < -0.4 is 0 Å². The molecule has 174 valence electrons. The molecule has 1 heterocycles. The Kier molecular flexibility index (Phi) is 4.65. The van der Waals surface area contributed by atoms with Gasteiger partial charge in [0.1, 0.15) is 11.9 Å². The zero-order valence-electron chi connectivity index (χ0n) is 19.8. The summed E-state index contributed by atoms with van der Waals surface area (Å²) < 4.78 is 7.91. The van der Waals surface area contributed by atoms with Gasteiger partial charge in [-0.2, -0.15) is 0 Å². The van der Waals surface area contributed by atoms with Crippen molar-refractivity contribution in [2.75, 3.05) is 0 Å². The highest BCUT2D eigenvalue weighted by Gasteiger charge is 2.63. The smallest absolute Gasteiger partial charge is 0.302 e. The van der Waals surface area contributed by atoms with Crippen molar-refractivity contribution in [3.05, 3.63) is 11.9 Å². The van der Waals surface area contributed by atoms with E-state index in [1.54, 1.807) is 6.92 Å². The van der Waals surface area contributed by atoms with E-state index in [0.29, 0.717) is 41.8 Å². The quantitative estimate of drug-likeness (QED) is 0.630. The number of nitrogens with zero attached hydrogens (tertiary/aromatic N) is 3. The third-order valence-electron chi connectivity index (χ3n) is 10.6. The normalized spacial score (nSPS) is 45.7. The second-order valence-electron chi connectivity index (χ2n) is 12.1. The SMILES string of the molecule is CC(=O)O[C@H]1CC[C@H]2[C@@H]3CC[C@H]4CC(=O)C[C@H](n5cc(C6CC6)nn5)[C@]4(C)[C@H]3CC[C@]12C. The summed E-state index contributed by atoms with van der Waals surface area (Å²) in [6.45, 7) is 6.40. The number of aromatic nitrogens is 3. The lowest BCUT2D eigenvalue weighted by atomic mass is 9.44. The second kappa shape index (κ2) is 7.14. The maximum absolute atomic E-state index is 12.8. The Morgan fingerprint density at radius 1 is 1.06 bits per heavy atom. The van der Waals surface area contributed by atoms with Gasteiger partial charge in [-0.15, -0.1) is 5.10 Å². The minimum atomic E-state index is -0.141. The number of fused-ring (bicyclic) bond motifs is 5. The van der Waals surface area contributed by atoms with Crippen LogP contribution in [-0.2, 0) is 14.3 Å². The molecule has 0 amide bonds. The van der Waals surface area contributed by atoms with Crippen molar-refractivity contribution in [1.29, 1.82) is 0 Å². The molecule has 5 aliphatic rings. The first-order valence-corrected chi connectivity index (χ1v) is 12.9. The van der Waals surface area contributed by atoms with Crippen LogP contribution in [0.3, 0.4) is 0 Å². The van der Waals surface area contributed by atoms with Crippen LogP contribution in [0.25, 0.3) is 0 Å². The second-order valence-corrected chi connectivity index (χ2v) is 12.1. The van der Waals surface area contributed by atoms with Crippen molar-refractivity contribution in [3.8, 4) is 0 Å². The van der Waals surface area contributed by atoms with Gasteiger partial charge in [0, 0.05) is 37.3 Å². The highest BCUT2D eigenvalue weighted by Crippen LogP contribution is 2.68. The van der Waals surface area contributed by atoms with Gasteiger partial charge in [0.15, 0.2) is 0 Å². The average molecular weight is 440 g/mol. The zero-order chi connectivity index (χ0) is 22.3. The maximum Gasteiger partial charge on any atom is 0.302 e. The highest BCUT2D eigenvalue weighted by molar-refractivity contribution is 5.80. The van der Waals surface area contributed by atoms with Gasteiger partial charge in [-0.05, 0) is 80.5 Å². The third-order valence-corrected chi connectivity index (χ3v) is 10.6. The number of ether oxygens (including phenoxy) is 1. The van der Waals surface area contributed by atoms with Gasteiger partial charge in [0.25, 0.3) is 0 Å². The number of ketones is 1. The number of hydrogen-bond donors (Lipinski definition) is 0. The molecule has 6 heteroatoms. The van der Waals surface area contributed by atoms with Crippen molar-refractivity contribution in [1.82, 2.24) is 15.0 Å². The first kappa shape index (κ1) is 20.9. The summed E-state index contributed by atoms with van der Waals surface area (Å²) in [6.07, 6.45) is 12.8. The van der Waals surface area contributed by atoms with E-state index >= 15 is 0 Å². The van der Waals surface area contributed by atoms with Crippen molar-refractivity contribution in [2.24, 2.45) is 34.5 Å². The Hall–Kier alpha value is -1.72. The summed E-state index contributed by atoms with van der Waals surface area (Å²) in [6, 6.07) is 0.122. The minimum absolute atomic E-state index is 0.0663. The first-order chi connectivity index (χ1) is 15.3. The molecule has 0 aliphatic heterocycles. The molecule has 8 atom stereocenters. The van der Waals surface area contributed by atoms with E-state index < -0.39 is 0 Å². The molecule has 0 saturated heterocycles. The molecule has 6 nitrogen and oxygen atoms in total. The predicted octanol–water partition coefficient (Wildman–Crippen LogP) is 4.85. The monoisotopic (exact) mass is 439 g/mol. The molecular formula is C26H37N3O3. The lowest BCUT2D eigenvalue weighted by molar-refractivity contribution is -0.167. The molecule has 0 unspecified atom stereocenters. The Balaban J connectivity index is 1.33. The summed E-state index contributed by atoms with van der Waals surface area (Å²) in [7, 11) is 0. The minimum Gasteiger partial charge on any atom is -0.462 e. The number of Topliss-reactive ketones (excluding diaryl/α,β-unsaturated/α-hetero) is 1. The van der Waals surface area contributed by atoms with Crippen LogP contribution in [0.4, 0.5) is 0 Å². The lowest BCUT2D eigenvalue weighted by Crippen LogP contribution is -2.57. The Morgan fingerprint density at radius 3 is 2.62 bits per heavy atom. The van der Waals surface area contributed by atoms with Crippen molar-refractivity contribution in [2.45, 2.75) is 103 Å². The summed E-state index contributed by atoms with van der Waals surface area (Å²) in [4.78, 5) is 24.6. The van der Waals surface area contributed by atoms with Gasteiger partial charge in [0.2, 0.25) is 0 Å². The first-order valence-electron chi connectivity index (χ1n) is 12.9. The molecule has 0 N–H and O–H groups in total. The number of carbonyl (C=O) groups excluding carboxylic acids is 2. The van der Waals surface area contributed by atoms with Crippen LogP contribution >= 0.6 is 0 Å². The zero-order valence-corrected chi connectivity index (χ0v) is 19.8. The molecule has 0 bridgehead atoms. The van der Waals surface area contributed by atoms with Crippen molar-refractivity contribution >= 4 is 11.8 Å². The number of rotatable bonds is 3. The molecule has 0 spiro atoms. The van der Waals surface area contributed by atoms with Crippen LogP contribution in [0.1, 0.15) is 103 Å². The molecular weight excluding hydrogens is 402 g/mol. The molecule has 0 aromatic carbocycles. The third kappa shape index (κ3) is 2.96. The number of esters is 1. The van der Waals surface area contributed by atoms with Crippen LogP contribution in [0.5, 0.6) is 0 Å². The fourth-order valence-corrected chi connectivity index (χ4v) is 8.84. The summed E-state index contributed by atoms with van der Waals surface area (Å²) in [5.41, 5.74) is 1.29. The molecule has 6 rings (SSSR count). The van der Waals surface area contributed by atoms with E-state index in [0.717, 1.165) is 44.2 Å². The lowest BCUT2D eigenvalue weighted by Gasteiger charge is -2.62. The van der Waals surface area contributed by atoms with E-state index in [4.69, 9.17) is 4.74 Å². The van der Waals surface area contributed by atoms with E-state index in [1.165, 1.54) is 19.3 Å². The molecule has 1 aromatic heterocycles. The fourth-order valence-electron chi connectivity index (χ4n) is 8.84. The summed E-state index contributed by atoms with van der Waals surface area (Å²) in [5.74, 6) is 3.14. The number of hydrogen-bond acceptors (Lipinski definition) is 5. The van der Waals surface area contributed by atoms with Crippen LogP contribution in [-0.4, -0.2) is 32.9 Å². The van der Waals surface area contributed by atoms with Crippen LogP contribution in [0.2, 0.25) is 0 Å². The topological polar surface area (TPSA) is 74.1 Å². The predicted molar refractivity (Wildman–Crippen MR) is 119 cm³/mol. The maximum atomic E-state index is 12.8. The van der Waals surface area contributed by atoms with E-state index in [1.807, 2.05) is 0 Å². The number of carbonyl (C=O) groups is 2. The van der Waals surface area contributed by atoms with Gasteiger partial charge in [-0.3, -0.25) is 9.59 Å². The largest absolute Gasteiger partial charge is 0.462 e. The van der Waals surface area contributed by atoms with Crippen LogP contribution in [0, 0.1) is 34.5 Å². The molecule has 5 fully saturated rings. The van der Waals surface area contributed by atoms with E-state index in [9.17, 15) is 9.59 Å². The standard InChI is InChI=1S/C26H37N3O3/c1-15(30)32-24-9-8-20-19-7-6-17-12-18(31)13-23(29-14-22(27-28-29)16-4-5-16)26(17,3)21(19)10-11-25(20,24)2/h14,16-17,19-21,23-24H,4-13H2,1-3H3/t17-,19-,20-,21-,23-,24-,25-,26-/m0/s1. The highest BCUT2D eigenvalue weighted by atomic mass is 16.5. The Morgan fingerprint density at radius 2 is 1.88 bits per heavy atom. The van der Waals surface area contributed by atoms with Gasteiger partial charge >= 0.3 is 5.97 Å². The average Bonchev–Trinajstić information content (AvgIpc) is 3.39. The molecule has 5 aliphatic carbocycles. The summed E-state index contributed by atoms with van der Waals surface area (Å²) >= 11 is 0. The van der Waals surface area contributed by atoms with Crippen LogP contribution in [0.15, 0.2) is 6.20 Å². The van der Waals surface area contributed by atoms with Gasteiger partial charge in [-0.1, -0.05) is 19.1 Å². The molecule has 0 radical (unpaired) electrons. The molecule has 1 aromatic rings. The van der Waals surface area contributed by atoms with Crippen molar-refractivity contribution < 1.29 is 14.3 Å². The Bertz CT molecular complexity index is 939. The van der Waals surface area contributed by atoms with Gasteiger partial charge in [0.05, 0.1) is 11.7 Å². The molecule has 5 saturated carbocycles. The fraction of sp³-hybridized carbons (Fsp3) is 0.846. The Labute approximate surface area is 190 Å². The van der Waals surface area contributed by atoms with Gasteiger partial charge in [-0.25, -0.2) is 4.68 Å². The van der Waals surface area contributed by atoms with E-state index in [2.05, 4.69) is 35.0 Å². The summed E-state index contributed by atoms with van der Waals surface area (Å²) in [5, 5.41) is 9.10. The molecule has 32 heavy (non-hydrogen) atoms. The van der Waals surface area contributed by atoms with E-state index in [-0.39, 0.29) is 28.9 Å².